The van der Waals surface area contributed by atoms with E-state index in [0.717, 1.165) is 23.3 Å². The topological polar surface area (TPSA) is 49.4 Å². The molecule has 2 heterocycles. The number of hydrogen-bond donors (Lipinski definition) is 1. The zero-order valence-electron chi connectivity index (χ0n) is 12.8. The molecule has 1 saturated heterocycles. The SMILES string of the molecule is CNCc1scc(C)c1S(=O)(=O)N1CCCC2CCCC21. The molecular weight excluding hydrogens is 304 g/mol. The number of piperidine rings is 1. The van der Waals surface area contributed by atoms with Crippen LogP contribution in [0.3, 0.4) is 0 Å². The highest BCUT2D eigenvalue weighted by Gasteiger charge is 2.42. The van der Waals surface area contributed by atoms with Gasteiger partial charge in [0.25, 0.3) is 0 Å². The van der Waals surface area contributed by atoms with Crippen LogP contribution in [-0.2, 0) is 16.6 Å². The fourth-order valence-electron chi connectivity index (χ4n) is 3.94. The third-order valence-electron chi connectivity index (χ3n) is 4.84. The molecule has 1 aliphatic carbocycles. The first-order valence-electron chi connectivity index (χ1n) is 7.79. The van der Waals surface area contributed by atoms with Gasteiger partial charge in [-0.1, -0.05) is 6.42 Å². The van der Waals surface area contributed by atoms with Crippen molar-refractivity contribution in [3.05, 3.63) is 15.8 Å². The molecule has 2 fully saturated rings. The molecule has 1 saturated carbocycles. The van der Waals surface area contributed by atoms with Gasteiger partial charge in [-0.25, -0.2) is 8.42 Å². The van der Waals surface area contributed by atoms with Crippen LogP contribution in [-0.4, -0.2) is 32.4 Å². The Balaban J connectivity index is 1.98. The lowest BCUT2D eigenvalue weighted by atomic mass is 9.94. The maximum atomic E-state index is 13.2. The van der Waals surface area contributed by atoms with Crippen LogP contribution in [0.25, 0.3) is 0 Å². The molecule has 1 aliphatic heterocycles. The van der Waals surface area contributed by atoms with Gasteiger partial charge in [-0.15, -0.1) is 11.3 Å². The van der Waals surface area contributed by atoms with Crippen molar-refractivity contribution in [2.45, 2.75) is 56.5 Å². The molecule has 1 N–H and O–H groups in total. The van der Waals surface area contributed by atoms with Crippen molar-refractivity contribution >= 4 is 21.4 Å². The summed E-state index contributed by atoms with van der Waals surface area (Å²) in [7, 11) is -1.49. The third-order valence-corrected chi connectivity index (χ3v) is 8.22. The summed E-state index contributed by atoms with van der Waals surface area (Å²) in [6.07, 6.45) is 5.61. The van der Waals surface area contributed by atoms with E-state index in [0.29, 0.717) is 23.9 Å². The van der Waals surface area contributed by atoms with Gasteiger partial charge >= 0.3 is 0 Å². The Labute approximate surface area is 131 Å². The lowest BCUT2D eigenvalue weighted by molar-refractivity contribution is 0.202. The van der Waals surface area contributed by atoms with Crippen LogP contribution in [0.5, 0.6) is 0 Å². The molecule has 3 rings (SSSR count). The second-order valence-corrected chi connectivity index (χ2v) is 9.01. The summed E-state index contributed by atoms with van der Waals surface area (Å²) >= 11 is 1.55. The molecule has 0 amide bonds. The predicted molar refractivity (Wildman–Crippen MR) is 86.1 cm³/mol. The number of nitrogens with one attached hydrogen (secondary N) is 1. The van der Waals surface area contributed by atoms with Crippen LogP contribution in [0.1, 0.15) is 42.5 Å². The van der Waals surface area contributed by atoms with Gasteiger partial charge < -0.3 is 5.32 Å². The number of rotatable bonds is 4. The van der Waals surface area contributed by atoms with Gasteiger partial charge in [0.2, 0.25) is 10.0 Å². The number of thiophene rings is 1. The van der Waals surface area contributed by atoms with E-state index in [1.807, 2.05) is 23.7 Å². The highest BCUT2D eigenvalue weighted by molar-refractivity contribution is 7.89. The smallest absolute Gasteiger partial charge is 0.244 e. The van der Waals surface area contributed by atoms with Crippen molar-refractivity contribution in [1.29, 1.82) is 0 Å². The van der Waals surface area contributed by atoms with Crippen LogP contribution in [0.15, 0.2) is 10.3 Å². The number of fused-ring (bicyclic) bond motifs is 1. The predicted octanol–water partition coefficient (Wildman–Crippen LogP) is 2.73. The third kappa shape index (κ3) is 2.67. The molecule has 0 radical (unpaired) electrons. The van der Waals surface area contributed by atoms with Gasteiger partial charge in [-0.3, -0.25) is 0 Å². The van der Waals surface area contributed by atoms with Crippen molar-refractivity contribution in [1.82, 2.24) is 9.62 Å². The summed E-state index contributed by atoms with van der Waals surface area (Å²) in [6, 6.07) is 0.241. The second kappa shape index (κ2) is 5.99. The quantitative estimate of drug-likeness (QED) is 0.924. The number of nitrogens with zero attached hydrogens (tertiary/aromatic N) is 1. The lowest BCUT2D eigenvalue weighted by Gasteiger charge is -2.36. The zero-order chi connectivity index (χ0) is 15.0. The molecule has 0 bridgehead atoms. The summed E-state index contributed by atoms with van der Waals surface area (Å²) in [4.78, 5) is 1.50. The van der Waals surface area contributed by atoms with Gasteiger partial charge in [-0.2, -0.15) is 4.31 Å². The molecule has 21 heavy (non-hydrogen) atoms. The molecule has 2 unspecified atom stereocenters. The molecular formula is C15H24N2O2S2. The van der Waals surface area contributed by atoms with Crippen molar-refractivity contribution < 1.29 is 8.42 Å². The maximum Gasteiger partial charge on any atom is 0.244 e. The van der Waals surface area contributed by atoms with Crippen LogP contribution < -0.4 is 5.32 Å². The van der Waals surface area contributed by atoms with Crippen LogP contribution >= 0.6 is 11.3 Å². The summed E-state index contributed by atoms with van der Waals surface area (Å²) in [5.74, 6) is 0.584. The minimum absolute atomic E-state index is 0.241. The summed E-state index contributed by atoms with van der Waals surface area (Å²) in [6.45, 7) is 3.23. The first-order valence-corrected chi connectivity index (χ1v) is 10.1. The maximum absolute atomic E-state index is 13.2. The zero-order valence-corrected chi connectivity index (χ0v) is 14.4. The Hall–Kier alpha value is -0.430. The standard InChI is InChI=1S/C15H24N2O2S2/c1-11-10-20-14(9-16-2)15(11)21(18,19)17-8-4-6-12-5-3-7-13(12)17/h10,12-13,16H,3-9H2,1-2H3. The molecule has 118 valence electrons. The molecule has 0 spiro atoms. The molecule has 4 nitrogen and oxygen atoms in total. The van der Waals surface area contributed by atoms with E-state index in [4.69, 9.17) is 0 Å². The molecule has 2 atom stereocenters. The van der Waals surface area contributed by atoms with Gasteiger partial charge in [0, 0.05) is 24.0 Å². The minimum atomic E-state index is -3.35. The lowest BCUT2D eigenvalue weighted by Crippen LogP contribution is -2.46. The number of aryl methyl sites for hydroxylation is 1. The Morgan fingerprint density at radius 2 is 2.10 bits per heavy atom. The normalized spacial score (nSPS) is 27.0. The van der Waals surface area contributed by atoms with E-state index in [1.54, 1.807) is 11.3 Å². The minimum Gasteiger partial charge on any atom is -0.315 e. The first kappa shape index (κ1) is 15.5. The largest absolute Gasteiger partial charge is 0.315 e. The van der Waals surface area contributed by atoms with E-state index >= 15 is 0 Å². The number of hydrogen-bond acceptors (Lipinski definition) is 4. The Morgan fingerprint density at radius 1 is 1.33 bits per heavy atom. The van der Waals surface area contributed by atoms with E-state index in [2.05, 4.69) is 5.32 Å². The van der Waals surface area contributed by atoms with E-state index in [1.165, 1.54) is 19.3 Å². The highest BCUT2D eigenvalue weighted by atomic mass is 32.2. The van der Waals surface area contributed by atoms with E-state index in [9.17, 15) is 8.42 Å². The first-order chi connectivity index (χ1) is 10.1. The van der Waals surface area contributed by atoms with Gasteiger partial charge in [0.05, 0.1) is 0 Å². The van der Waals surface area contributed by atoms with Crippen molar-refractivity contribution in [2.24, 2.45) is 5.92 Å². The van der Waals surface area contributed by atoms with Crippen molar-refractivity contribution in [3.63, 3.8) is 0 Å². The van der Waals surface area contributed by atoms with E-state index < -0.39 is 10.0 Å². The van der Waals surface area contributed by atoms with Gasteiger partial charge in [0.1, 0.15) is 4.90 Å². The molecule has 1 aromatic heterocycles. The fraction of sp³-hybridized carbons (Fsp3) is 0.733. The summed E-state index contributed by atoms with van der Waals surface area (Å²) < 4.78 is 28.2. The van der Waals surface area contributed by atoms with Crippen LogP contribution in [0, 0.1) is 12.8 Å². The van der Waals surface area contributed by atoms with Crippen LogP contribution in [0.2, 0.25) is 0 Å². The Kier molecular flexibility index (Phi) is 4.41. The summed E-state index contributed by atoms with van der Waals surface area (Å²) in [5, 5.41) is 5.05. The average Bonchev–Trinajstić information content (AvgIpc) is 3.05. The summed E-state index contributed by atoms with van der Waals surface area (Å²) in [5.41, 5.74) is 0.894. The molecule has 0 aromatic carbocycles. The molecule has 2 aliphatic rings. The Morgan fingerprint density at radius 3 is 2.86 bits per heavy atom. The molecule has 6 heteroatoms. The van der Waals surface area contributed by atoms with Gasteiger partial charge in [-0.05, 0) is 56.5 Å². The Bertz CT molecular complexity index is 609. The monoisotopic (exact) mass is 328 g/mol. The average molecular weight is 329 g/mol. The van der Waals surface area contributed by atoms with Crippen molar-refractivity contribution in [3.8, 4) is 0 Å². The van der Waals surface area contributed by atoms with E-state index in [-0.39, 0.29) is 6.04 Å². The fourth-order valence-corrected chi connectivity index (χ4v) is 7.47. The van der Waals surface area contributed by atoms with Crippen molar-refractivity contribution in [2.75, 3.05) is 13.6 Å². The highest BCUT2D eigenvalue weighted by Crippen LogP contribution is 2.41. The van der Waals surface area contributed by atoms with Gasteiger partial charge in [0.15, 0.2) is 0 Å². The second-order valence-electron chi connectivity index (χ2n) is 6.22. The molecule has 1 aromatic rings. The number of sulfonamides is 1. The van der Waals surface area contributed by atoms with Crippen LogP contribution in [0.4, 0.5) is 0 Å².